The number of carbonyl (C=O) groups is 3. The van der Waals surface area contributed by atoms with E-state index in [4.69, 9.17) is 45.3 Å². The molecule has 55 heavy (non-hydrogen) atoms. The van der Waals surface area contributed by atoms with Gasteiger partial charge in [-0.05, 0) is 59.4 Å². The maximum Gasteiger partial charge on any atom is 0.328 e. The Balaban J connectivity index is 0.000000310. The largest absolute Gasteiger partial charge is 0.468 e. The zero-order valence-corrected chi connectivity index (χ0v) is 33.7. The number of carbonyl (C=O) groups excluding carboxylic acids is 3. The fraction of sp³-hybridized carbons (Fsp3) is 0.225. The molecule has 5 aromatic rings. The second-order valence-corrected chi connectivity index (χ2v) is 13.7. The number of nitrogens with one attached hydrogen (secondary N) is 1. The normalized spacial score (nSPS) is 11.6. The molecular weight excluding hydrogens is 790 g/mol. The van der Waals surface area contributed by atoms with Crippen molar-refractivity contribution in [1.29, 1.82) is 0 Å². The van der Waals surface area contributed by atoms with Gasteiger partial charge >= 0.3 is 11.9 Å². The van der Waals surface area contributed by atoms with Crippen molar-refractivity contribution in [1.82, 2.24) is 14.5 Å². The third-order valence-electron chi connectivity index (χ3n) is 8.47. The van der Waals surface area contributed by atoms with Crippen molar-refractivity contribution in [2.24, 2.45) is 19.8 Å². The van der Waals surface area contributed by atoms with Gasteiger partial charge in [-0.1, -0.05) is 95.5 Å². The lowest BCUT2D eigenvalue weighted by atomic mass is 10.0. The van der Waals surface area contributed by atoms with E-state index in [1.54, 1.807) is 88.0 Å². The minimum atomic E-state index is -0.909. The van der Waals surface area contributed by atoms with Gasteiger partial charge in [0.15, 0.2) is 0 Å². The van der Waals surface area contributed by atoms with Crippen molar-refractivity contribution in [3.8, 4) is 22.3 Å². The van der Waals surface area contributed by atoms with Crippen molar-refractivity contribution in [3.63, 3.8) is 0 Å². The van der Waals surface area contributed by atoms with Crippen LogP contribution in [0, 0.1) is 6.92 Å². The smallest absolute Gasteiger partial charge is 0.328 e. The predicted molar refractivity (Wildman–Crippen MR) is 218 cm³/mol. The van der Waals surface area contributed by atoms with Crippen LogP contribution in [0.15, 0.2) is 101 Å². The molecule has 1 amide bonds. The Bertz CT molecular complexity index is 2250. The number of hydrogen-bond donors (Lipinski definition) is 2. The summed E-state index contributed by atoms with van der Waals surface area (Å²) in [7, 11) is 5.86. The molecule has 290 valence electrons. The third-order valence-corrected chi connectivity index (χ3v) is 9.20. The van der Waals surface area contributed by atoms with Crippen LogP contribution in [0.3, 0.4) is 0 Å². The minimum Gasteiger partial charge on any atom is -0.468 e. The topological polar surface area (TPSA) is 152 Å². The number of rotatable bonds is 10. The van der Waals surface area contributed by atoms with Crippen molar-refractivity contribution in [2.75, 3.05) is 14.2 Å². The van der Waals surface area contributed by atoms with Gasteiger partial charge in [0.25, 0.3) is 17.0 Å². The Morgan fingerprint density at radius 3 is 1.62 bits per heavy atom. The average molecular weight is 831 g/mol. The summed E-state index contributed by atoms with van der Waals surface area (Å²) in [5.74, 6) is -1.48. The van der Waals surface area contributed by atoms with Crippen LogP contribution in [0.4, 0.5) is 0 Å². The molecule has 0 saturated heterocycles. The molecule has 15 heteroatoms. The van der Waals surface area contributed by atoms with Gasteiger partial charge < -0.3 is 29.7 Å². The number of ether oxygens (including phenoxy) is 2. The lowest BCUT2D eigenvalue weighted by Crippen LogP contribution is -2.43. The van der Waals surface area contributed by atoms with Crippen LogP contribution < -0.4 is 22.2 Å². The summed E-state index contributed by atoms with van der Waals surface area (Å²) in [6.07, 6.45) is 3.69. The van der Waals surface area contributed by atoms with Gasteiger partial charge in [0, 0.05) is 44.0 Å². The molecule has 0 aliphatic rings. The highest BCUT2D eigenvalue weighted by Crippen LogP contribution is 2.23. The summed E-state index contributed by atoms with van der Waals surface area (Å²) in [4.78, 5) is 61.0. The number of aryl methyl sites for hydroxylation is 3. The number of halogens is 4. The number of esters is 2. The van der Waals surface area contributed by atoms with Gasteiger partial charge in [0.1, 0.15) is 12.1 Å². The summed E-state index contributed by atoms with van der Waals surface area (Å²) in [5, 5.41) is 3.97. The number of hydrogen-bond acceptors (Lipinski definition) is 8. The highest BCUT2D eigenvalue weighted by atomic mass is 35.5. The van der Waals surface area contributed by atoms with Gasteiger partial charge in [0.05, 0.1) is 34.9 Å². The fourth-order valence-electron chi connectivity index (χ4n) is 5.61. The van der Waals surface area contributed by atoms with Gasteiger partial charge in [-0.15, -0.1) is 12.4 Å². The first kappa shape index (κ1) is 44.5. The van der Waals surface area contributed by atoms with Crippen LogP contribution in [0.5, 0.6) is 0 Å². The van der Waals surface area contributed by atoms with Crippen LogP contribution in [0.2, 0.25) is 15.1 Å². The monoisotopic (exact) mass is 828 g/mol. The summed E-state index contributed by atoms with van der Waals surface area (Å²) >= 11 is 18.3. The Labute approximate surface area is 339 Å². The highest BCUT2D eigenvalue weighted by Gasteiger charge is 2.25. The Kier molecular flexibility index (Phi) is 16.3. The van der Waals surface area contributed by atoms with Crippen LogP contribution in [-0.4, -0.2) is 53.3 Å². The number of benzene rings is 3. The molecule has 3 aromatic carbocycles. The summed E-state index contributed by atoms with van der Waals surface area (Å²) in [5.41, 5.74) is 10.6. The summed E-state index contributed by atoms with van der Waals surface area (Å²) in [6, 6.07) is 21.2. The molecule has 3 N–H and O–H groups in total. The molecule has 0 bridgehead atoms. The summed E-state index contributed by atoms with van der Waals surface area (Å²) in [6.45, 7) is 1.77. The molecule has 0 spiro atoms. The number of nitrogens with zero attached hydrogens (tertiary/aromatic N) is 2. The first-order chi connectivity index (χ1) is 25.6. The van der Waals surface area contributed by atoms with Crippen molar-refractivity contribution in [3.05, 3.63) is 149 Å². The molecule has 0 aliphatic carbocycles. The molecule has 0 aliphatic heterocycles. The fourth-order valence-corrected chi connectivity index (χ4v) is 6.42. The predicted octanol–water partition coefficient (Wildman–Crippen LogP) is 6.35. The molecule has 0 fully saturated rings. The van der Waals surface area contributed by atoms with E-state index in [0.717, 1.165) is 16.7 Å². The third kappa shape index (κ3) is 11.5. The molecule has 11 nitrogen and oxygen atoms in total. The lowest BCUT2D eigenvalue weighted by Gasteiger charge is -2.18. The van der Waals surface area contributed by atoms with E-state index in [1.807, 2.05) is 24.3 Å². The standard InChI is InChI=1S/C24H22Cl2N2O4.C16H17ClN2O3.ClH/c1-14-5-4-6-19(26)21(14)22(29)27-20(24(31)32-3)11-15-7-9-16(10-8-15)18-12-17(25)13-28(2)23(18)30;1-19-9-12(17)8-13(15(19)20)11-5-3-10(4-6-11)7-14(18)16(21)22-2;/h4-10,12-13,20H,11H2,1-3H3,(H,27,29);3-6,8-9,14H,7,18H2,1-2H3;1H/t20-;14-;/m00./s1. The maximum absolute atomic E-state index is 12.8. The quantitative estimate of drug-likeness (QED) is 0.155. The molecule has 0 radical (unpaired) electrons. The first-order valence-electron chi connectivity index (χ1n) is 16.5. The van der Waals surface area contributed by atoms with E-state index in [-0.39, 0.29) is 29.9 Å². The van der Waals surface area contributed by atoms with Gasteiger partial charge in [-0.3, -0.25) is 19.2 Å². The maximum atomic E-state index is 12.8. The van der Waals surface area contributed by atoms with E-state index in [1.165, 1.54) is 23.4 Å². The Hall–Kier alpha value is -4.91. The molecule has 5 rings (SSSR count). The lowest BCUT2D eigenvalue weighted by molar-refractivity contribution is -0.143. The molecule has 2 aromatic heterocycles. The number of pyridine rings is 2. The van der Waals surface area contributed by atoms with E-state index in [9.17, 15) is 24.0 Å². The van der Waals surface area contributed by atoms with Crippen LogP contribution >= 0.6 is 47.2 Å². The second-order valence-electron chi connectivity index (χ2n) is 12.4. The van der Waals surface area contributed by atoms with Crippen molar-refractivity contribution in [2.45, 2.75) is 31.8 Å². The molecule has 2 heterocycles. The molecule has 2 atom stereocenters. The van der Waals surface area contributed by atoms with E-state index < -0.39 is 29.9 Å². The van der Waals surface area contributed by atoms with Gasteiger partial charge in [-0.2, -0.15) is 0 Å². The van der Waals surface area contributed by atoms with E-state index >= 15 is 0 Å². The SMILES string of the molecule is COC(=O)[C@@H](N)Cc1ccc(-c2cc(Cl)cn(C)c2=O)cc1.COC(=O)[C@H](Cc1ccc(-c2cc(Cl)cn(C)c2=O)cc1)NC(=O)c1c(C)cccc1Cl.Cl. The second kappa shape index (κ2) is 20.1. The first-order valence-corrected chi connectivity index (χ1v) is 17.6. The molecule has 0 unspecified atom stereocenters. The van der Waals surface area contributed by atoms with Gasteiger partial charge in [-0.25, -0.2) is 4.79 Å². The number of methoxy groups -OCH3 is 2. The zero-order valence-electron chi connectivity index (χ0n) is 30.6. The number of aromatic nitrogens is 2. The Morgan fingerprint density at radius 1 is 0.727 bits per heavy atom. The molecular formula is C40H40Cl4N4O7. The van der Waals surface area contributed by atoms with Crippen LogP contribution in [0.1, 0.15) is 27.0 Å². The zero-order chi connectivity index (χ0) is 39.7. The van der Waals surface area contributed by atoms with E-state index in [0.29, 0.717) is 49.3 Å². The van der Waals surface area contributed by atoms with Gasteiger partial charge in [0.2, 0.25) is 0 Å². The number of amides is 1. The van der Waals surface area contributed by atoms with Crippen LogP contribution in [0.25, 0.3) is 22.3 Å². The molecule has 0 saturated carbocycles. The highest BCUT2D eigenvalue weighted by molar-refractivity contribution is 6.34. The average Bonchev–Trinajstić information content (AvgIpc) is 3.14. The number of nitrogens with two attached hydrogens (primary N) is 1. The Morgan fingerprint density at radius 2 is 1.18 bits per heavy atom. The summed E-state index contributed by atoms with van der Waals surface area (Å²) < 4.78 is 12.3. The van der Waals surface area contributed by atoms with E-state index in [2.05, 4.69) is 10.1 Å². The minimum absolute atomic E-state index is 0. The van der Waals surface area contributed by atoms with Crippen LogP contribution in [-0.2, 0) is 46.0 Å². The van der Waals surface area contributed by atoms with Crippen molar-refractivity contribution >= 4 is 65.1 Å². The van der Waals surface area contributed by atoms with Crippen molar-refractivity contribution < 1.29 is 23.9 Å².